The van der Waals surface area contributed by atoms with Crippen molar-refractivity contribution in [2.75, 3.05) is 12.4 Å². The van der Waals surface area contributed by atoms with Crippen molar-refractivity contribution in [2.24, 2.45) is 0 Å². The summed E-state index contributed by atoms with van der Waals surface area (Å²) in [4.78, 5) is 12.7. The minimum absolute atomic E-state index is 0.0458. The maximum Gasteiger partial charge on any atom is 0.226 e. The topological polar surface area (TPSA) is 65.4 Å². The lowest BCUT2D eigenvalue weighted by molar-refractivity contribution is -0.116. The molecule has 0 aliphatic heterocycles. The fourth-order valence-electron chi connectivity index (χ4n) is 3.80. The number of anilines is 1. The summed E-state index contributed by atoms with van der Waals surface area (Å²) < 4.78 is 13.4. The maximum absolute atomic E-state index is 12.7. The molecule has 0 fully saturated rings. The maximum atomic E-state index is 12.7. The summed E-state index contributed by atoms with van der Waals surface area (Å²) in [6.07, 6.45) is 1.56. The minimum Gasteiger partial charge on any atom is -0.497 e. The van der Waals surface area contributed by atoms with Gasteiger partial charge in [0.2, 0.25) is 11.8 Å². The fourth-order valence-corrected chi connectivity index (χ4v) is 3.80. The van der Waals surface area contributed by atoms with Crippen LogP contribution in [0.25, 0.3) is 5.69 Å². The molecule has 6 heteroatoms. The lowest BCUT2D eigenvalue weighted by atomic mass is 10.1. The molecule has 0 aliphatic carbocycles. The average molecular weight is 456 g/mol. The molecule has 0 bridgehead atoms. The van der Waals surface area contributed by atoms with Crippen molar-refractivity contribution < 1.29 is 14.3 Å². The summed E-state index contributed by atoms with van der Waals surface area (Å²) in [6, 6.07) is 25.1. The summed E-state index contributed by atoms with van der Waals surface area (Å²) in [6.45, 7) is 4.06. The smallest absolute Gasteiger partial charge is 0.226 e. The molecule has 1 N–H and O–H groups in total. The van der Waals surface area contributed by atoms with E-state index in [-0.39, 0.29) is 5.91 Å². The number of benzene rings is 3. The monoisotopic (exact) mass is 455 g/mol. The van der Waals surface area contributed by atoms with Crippen LogP contribution in [-0.2, 0) is 17.6 Å². The van der Waals surface area contributed by atoms with Crippen LogP contribution in [0.4, 0.5) is 5.69 Å². The van der Waals surface area contributed by atoms with Gasteiger partial charge in [-0.25, -0.2) is 4.68 Å². The summed E-state index contributed by atoms with van der Waals surface area (Å²) in [7, 11) is 1.64. The highest BCUT2D eigenvalue weighted by Gasteiger charge is 2.21. The van der Waals surface area contributed by atoms with E-state index in [9.17, 15) is 4.79 Å². The highest BCUT2D eigenvalue weighted by molar-refractivity contribution is 5.91. The van der Waals surface area contributed by atoms with Gasteiger partial charge < -0.3 is 14.8 Å². The second-order valence-electron chi connectivity index (χ2n) is 8.03. The molecule has 0 saturated carbocycles. The molecule has 1 amide bonds. The number of hydrogen-bond acceptors (Lipinski definition) is 4. The molecular formula is C28H29N3O3. The molecule has 4 rings (SSSR count). The summed E-state index contributed by atoms with van der Waals surface area (Å²) in [5.74, 6) is 2.06. The van der Waals surface area contributed by atoms with Crippen LogP contribution in [0, 0.1) is 6.92 Å². The van der Waals surface area contributed by atoms with Gasteiger partial charge >= 0.3 is 0 Å². The Morgan fingerprint density at radius 1 is 0.971 bits per heavy atom. The first-order valence-corrected chi connectivity index (χ1v) is 11.4. The van der Waals surface area contributed by atoms with E-state index in [0.717, 1.165) is 40.4 Å². The summed E-state index contributed by atoms with van der Waals surface area (Å²) in [5, 5.41) is 7.83. The first kappa shape index (κ1) is 23.1. The number of para-hydroxylation sites is 1. The average Bonchev–Trinajstić information content (AvgIpc) is 3.20. The number of rotatable bonds is 9. The standard InChI is InChI=1S/C28H29N3O3/c1-4-26-25(17-18-27(32)29-21-10-8-9-20(2)19-21)28(34-24-11-6-5-7-12-24)31(30-26)22-13-15-23(33-3)16-14-22/h5-16,19H,4,17-18H2,1-3H3,(H,29,32). The van der Waals surface area contributed by atoms with Crippen LogP contribution in [0.1, 0.15) is 30.2 Å². The molecule has 1 aromatic heterocycles. The van der Waals surface area contributed by atoms with Crippen molar-refractivity contribution >= 4 is 11.6 Å². The zero-order valence-corrected chi connectivity index (χ0v) is 19.7. The number of methoxy groups -OCH3 is 1. The molecule has 34 heavy (non-hydrogen) atoms. The number of nitrogens with one attached hydrogen (secondary N) is 1. The van der Waals surface area contributed by atoms with Gasteiger partial charge in [0.15, 0.2) is 0 Å². The Kier molecular flexibility index (Phi) is 7.28. The van der Waals surface area contributed by atoms with E-state index in [0.29, 0.717) is 24.5 Å². The van der Waals surface area contributed by atoms with Gasteiger partial charge in [-0.2, -0.15) is 5.10 Å². The molecule has 6 nitrogen and oxygen atoms in total. The van der Waals surface area contributed by atoms with Crippen molar-refractivity contribution in [3.05, 3.63) is 95.7 Å². The molecule has 0 radical (unpaired) electrons. The minimum atomic E-state index is -0.0458. The molecule has 4 aromatic rings. The second kappa shape index (κ2) is 10.7. The van der Waals surface area contributed by atoms with Crippen LogP contribution in [0.3, 0.4) is 0 Å². The van der Waals surface area contributed by atoms with E-state index >= 15 is 0 Å². The Morgan fingerprint density at radius 2 is 1.74 bits per heavy atom. The van der Waals surface area contributed by atoms with Crippen molar-refractivity contribution in [1.29, 1.82) is 0 Å². The first-order chi connectivity index (χ1) is 16.6. The van der Waals surface area contributed by atoms with Gasteiger partial charge in [0.1, 0.15) is 11.5 Å². The Bertz CT molecular complexity index is 1250. The third kappa shape index (κ3) is 5.46. The normalized spacial score (nSPS) is 10.7. The summed E-state index contributed by atoms with van der Waals surface area (Å²) in [5.41, 5.74) is 4.60. The zero-order valence-electron chi connectivity index (χ0n) is 19.7. The van der Waals surface area contributed by atoms with Crippen LogP contribution in [-0.4, -0.2) is 22.8 Å². The number of amides is 1. The fraction of sp³-hybridized carbons (Fsp3) is 0.214. The molecule has 0 atom stereocenters. The number of aromatic nitrogens is 2. The molecule has 0 unspecified atom stereocenters. The quantitative estimate of drug-likeness (QED) is 0.330. The predicted octanol–water partition coefficient (Wildman–Crippen LogP) is 6.12. The summed E-state index contributed by atoms with van der Waals surface area (Å²) >= 11 is 0. The molecule has 0 aliphatic rings. The van der Waals surface area contributed by atoms with E-state index in [4.69, 9.17) is 14.6 Å². The van der Waals surface area contributed by atoms with Crippen LogP contribution in [0.5, 0.6) is 17.4 Å². The Balaban J connectivity index is 1.64. The van der Waals surface area contributed by atoms with Crippen LogP contribution < -0.4 is 14.8 Å². The van der Waals surface area contributed by atoms with E-state index < -0.39 is 0 Å². The molecule has 0 saturated heterocycles. The molecule has 1 heterocycles. The van der Waals surface area contributed by atoms with Gasteiger partial charge in [-0.05, 0) is 73.9 Å². The van der Waals surface area contributed by atoms with Gasteiger partial charge in [-0.3, -0.25) is 4.79 Å². The van der Waals surface area contributed by atoms with Crippen LogP contribution in [0.2, 0.25) is 0 Å². The van der Waals surface area contributed by atoms with E-state index in [1.54, 1.807) is 11.8 Å². The highest BCUT2D eigenvalue weighted by Crippen LogP contribution is 2.32. The van der Waals surface area contributed by atoms with Gasteiger partial charge in [0.05, 0.1) is 18.5 Å². The van der Waals surface area contributed by atoms with Crippen LogP contribution in [0.15, 0.2) is 78.9 Å². The number of nitrogens with zero attached hydrogens (tertiary/aromatic N) is 2. The van der Waals surface area contributed by atoms with Gasteiger partial charge in [-0.1, -0.05) is 37.3 Å². The van der Waals surface area contributed by atoms with Crippen molar-refractivity contribution in [3.63, 3.8) is 0 Å². The third-order valence-corrected chi connectivity index (χ3v) is 5.53. The Hall–Kier alpha value is -4.06. The lowest BCUT2D eigenvalue weighted by Crippen LogP contribution is -2.13. The van der Waals surface area contributed by atoms with E-state index in [2.05, 4.69) is 12.2 Å². The molecule has 0 spiro atoms. The van der Waals surface area contributed by atoms with Crippen LogP contribution >= 0.6 is 0 Å². The largest absolute Gasteiger partial charge is 0.497 e. The third-order valence-electron chi connectivity index (χ3n) is 5.53. The van der Waals surface area contributed by atoms with Crippen molar-refractivity contribution in [2.45, 2.75) is 33.1 Å². The highest BCUT2D eigenvalue weighted by atomic mass is 16.5. The Labute approximate surface area is 200 Å². The van der Waals surface area contributed by atoms with Crippen molar-refractivity contribution in [1.82, 2.24) is 9.78 Å². The van der Waals surface area contributed by atoms with Crippen molar-refractivity contribution in [3.8, 4) is 23.1 Å². The predicted molar refractivity (Wildman–Crippen MR) is 134 cm³/mol. The second-order valence-corrected chi connectivity index (χ2v) is 8.03. The van der Waals surface area contributed by atoms with E-state index in [1.807, 2.05) is 85.8 Å². The number of aryl methyl sites for hydroxylation is 2. The first-order valence-electron chi connectivity index (χ1n) is 11.4. The van der Waals surface area contributed by atoms with Gasteiger partial charge in [0, 0.05) is 17.7 Å². The van der Waals surface area contributed by atoms with Gasteiger partial charge in [-0.15, -0.1) is 0 Å². The number of ether oxygens (including phenoxy) is 2. The molecular weight excluding hydrogens is 426 g/mol. The van der Waals surface area contributed by atoms with Gasteiger partial charge in [0.25, 0.3) is 0 Å². The van der Waals surface area contributed by atoms with E-state index in [1.165, 1.54) is 0 Å². The number of carbonyl (C=O) groups excluding carboxylic acids is 1. The lowest BCUT2D eigenvalue weighted by Gasteiger charge is -2.12. The zero-order chi connectivity index (χ0) is 23.9. The number of carbonyl (C=O) groups is 1. The Morgan fingerprint density at radius 3 is 2.41 bits per heavy atom. The molecule has 174 valence electrons. The SMILES string of the molecule is CCc1nn(-c2ccc(OC)cc2)c(Oc2ccccc2)c1CCC(=O)Nc1cccc(C)c1. The number of hydrogen-bond donors (Lipinski definition) is 1. The molecule has 3 aromatic carbocycles.